The molecule has 118 valence electrons. The summed E-state index contributed by atoms with van der Waals surface area (Å²) in [5.74, 6) is 0.917. The van der Waals surface area contributed by atoms with Gasteiger partial charge in [-0.3, -0.25) is 4.90 Å². The molecule has 5 nitrogen and oxygen atoms in total. The number of aromatic hydroxyl groups is 1. The van der Waals surface area contributed by atoms with Crippen LogP contribution in [0.4, 0.5) is 0 Å². The van der Waals surface area contributed by atoms with Gasteiger partial charge in [0.1, 0.15) is 5.75 Å². The van der Waals surface area contributed by atoms with E-state index in [1.807, 2.05) is 23.0 Å². The van der Waals surface area contributed by atoms with Crippen molar-refractivity contribution in [3.63, 3.8) is 0 Å². The number of hydrogen-bond acceptors (Lipinski definition) is 4. The highest BCUT2D eigenvalue weighted by Gasteiger charge is 2.21. The van der Waals surface area contributed by atoms with Crippen LogP contribution in [0.3, 0.4) is 0 Å². The van der Waals surface area contributed by atoms with Gasteiger partial charge in [0.25, 0.3) is 0 Å². The lowest BCUT2D eigenvalue weighted by molar-refractivity contribution is 0.202. The molecule has 0 amide bonds. The smallest absolute Gasteiger partial charge is 0.115 e. The Labute approximate surface area is 131 Å². The van der Waals surface area contributed by atoms with Gasteiger partial charge in [-0.05, 0) is 63.4 Å². The Morgan fingerprint density at radius 2 is 2.05 bits per heavy atom. The van der Waals surface area contributed by atoms with Crippen LogP contribution in [0.5, 0.6) is 5.75 Å². The van der Waals surface area contributed by atoms with Crippen LogP contribution >= 0.6 is 0 Å². The lowest BCUT2D eigenvalue weighted by Crippen LogP contribution is -2.32. The number of hydrogen-bond donors (Lipinski definition) is 1. The summed E-state index contributed by atoms with van der Waals surface area (Å²) in [6, 6.07) is 8.04. The monoisotopic (exact) mass is 300 g/mol. The maximum absolute atomic E-state index is 9.61. The molecular weight excluding hydrogens is 276 g/mol. The van der Waals surface area contributed by atoms with E-state index < -0.39 is 0 Å². The number of likely N-dealkylation sites (tertiary alicyclic amines) is 1. The highest BCUT2D eigenvalue weighted by atomic mass is 16.3. The van der Waals surface area contributed by atoms with Crippen LogP contribution < -0.4 is 0 Å². The fourth-order valence-corrected chi connectivity index (χ4v) is 3.07. The number of phenols is 1. The Morgan fingerprint density at radius 1 is 1.27 bits per heavy atom. The lowest BCUT2D eigenvalue weighted by Gasteiger charge is -2.31. The second kappa shape index (κ2) is 6.48. The van der Waals surface area contributed by atoms with E-state index in [9.17, 15) is 5.11 Å². The second-order valence-electron chi connectivity index (χ2n) is 6.43. The van der Waals surface area contributed by atoms with Gasteiger partial charge < -0.3 is 5.11 Å². The van der Waals surface area contributed by atoms with Crippen LogP contribution in [0.2, 0.25) is 0 Å². The largest absolute Gasteiger partial charge is 0.508 e. The van der Waals surface area contributed by atoms with Gasteiger partial charge in [0.2, 0.25) is 0 Å². The summed E-state index contributed by atoms with van der Waals surface area (Å²) in [6.45, 7) is 7.22. The molecule has 1 fully saturated rings. The van der Waals surface area contributed by atoms with Crippen molar-refractivity contribution in [2.45, 2.75) is 45.2 Å². The Kier molecular flexibility index (Phi) is 4.43. The molecule has 1 saturated heterocycles. The minimum absolute atomic E-state index is 0.359. The van der Waals surface area contributed by atoms with Gasteiger partial charge >= 0.3 is 0 Å². The summed E-state index contributed by atoms with van der Waals surface area (Å²) in [7, 11) is 0. The first-order valence-electron chi connectivity index (χ1n) is 8.04. The minimum atomic E-state index is 0.359. The van der Waals surface area contributed by atoms with E-state index in [0.29, 0.717) is 17.7 Å². The summed E-state index contributed by atoms with van der Waals surface area (Å²) in [6.07, 6.45) is 4.30. The van der Waals surface area contributed by atoms with Gasteiger partial charge in [0, 0.05) is 12.6 Å². The molecule has 5 heteroatoms. The molecule has 0 saturated carbocycles. The summed E-state index contributed by atoms with van der Waals surface area (Å²) in [5.41, 5.74) is 2.30. The first-order valence-corrected chi connectivity index (χ1v) is 8.04. The molecule has 0 unspecified atom stereocenters. The van der Waals surface area contributed by atoms with Crippen LogP contribution in [0.1, 0.15) is 49.9 Å². The summed E-state index contributed by atoms with van der Waals surface area (Å²) < 4.78 is 1.91. The third-order valence-corrected chi connectivity index (χ3v) is 4.40. The molecule has 0 bridgehead atoms. The molecule has 1 aliphatic heterocycles. The zero-order chi connectivity index (χ0) is 15.5. The summed E-state index contributed by atoms with van der Waals surface area (Å²) >= 11 is 0. The predicted molar refractivity (Wildman–Crippen MR) is 85.8 cm³/mol. The highest BCUT2D eigenvalue weighted by molar-refractivity contribution is 5.30. The Balaban J connectivity index is 1.55. The van der Waals surface area contributed by atoms with E-state index in [4.69, 9.17) is 0 Å². The van der Waals surface area contributed by atoms with Crippen molar-refractivity contribution < 1.29 is 5.11 Å². The molecule has 22 heavy (non-hydrogen) atoms. The van der Waals surface area contributed by atoms with Crippen LogP contribution in [-0.2, 0) is 6.54 Å². The fourth-order valence-electron chi connectivity index (χ4n) is 3.07. The van der Waals surface area contributed by atoms with Gasteiger partial charge in [-0.25, -0.2) is 4.68 Å². The van der Waals surface area contributed by atoms with E-state index in [-0.39, 0.29) is 0 Å². The molecule has 2 heterocycles. The Bertz CT molecular complexity index is 615. The van der Waals surface area contributed by atoms with Crippen molar-refractivity contribution in [1.29, 1.82) is 0 Å². The standard InChI is InChI=1S/C17H24N4O/c1-13(2)21-12-16(18-19-21)11-20-8-6-14(7-9-20)15-4-3-5-17(22)10-15/h3-5,10,12-14,22H,6-9,11H2,1-2H3. The second-order valence-corrected chi connectivity index (χ2v) is 6.43. The van der Waals surface area contributed by atoms with Crippen LogP contribution in [0.25, 0.3) is 0 Å². The predicted octanol–water partition coefficient (Wildman–Crippen LogP) is 2.94. The summed E-state index contributed by atoms with van der Waals surface area (Å²) in [4.78, 5) is 2.44. The van der Waals surface area contributed by atoms with Gasteiger partial charge in [0.15, 0.2) is 0 Å². The molecule has 1 aromatic carbocycles. The summed E-state index contributed by atoms with van der Waals surface area (Å²) in [5, 5.41) is 18.0. The molecular formula is C17H24N4O. The Morgan fingerprint density at radius 3 is 2.68 bits per heavy atom. The van der Waals surface area contributed by atoms with Crippen molar-refractivity contribution in [2.24, 2.45) is 0 Å². The van der Waals surface area contributed by atoms with Gasteiger partial charge in [-0.1, -0.05) is 17.3 Å². The van der Waals surface area contributed by atoms with Crippen molar-refractivity contribution in [1.82, 2.24) is 19.9 Å². The van der Waals surface area contributed by atoms with Crippen LogP contribution in [0.15, 0.2) is 30.5 Å². The number of phenolic OH excluding ortho intramolecular Hbond substituents is 1. The average Bonchev–Trinajstić information content (AvgIpc) is 2.97. The van der Waals surface area contributed by atoms with E-state index in [1.54, 1.807) is 6.07 Å². The molecule has 0 radical (unpaired) electrons. The van der Waals surface area contributed by atoms with Gasteiger partial charge in [-0.2, -0.15) is 0 Å². The number of nitrogens with zero attached hydrogens (tertiary/aromatic N) is 4. The van der Waals surface area contributed by atoms with Crippen LogP contribution in [0, 0.1) is 0 Å². The van der Waals surface area contributed by atoms with Crippen molar-refractivity contribution in [2.75, 3.05) is 13.1 Å². The van der Waals surface area contributed by atoms with Crippen molar-refractivity contribution in [3.8, 4) is 5.75 Å². The maximum Gasteiger partial charge on any atom is 0.115 e. The fraction of sp³-hybridized carbons (Fsp3) is 0.529. The van der Waals surface area contributed by atoms with E-state index in [0.717, 1.165) is 38.2 Å². The maximum atomic E-state index is 9.61. The third kappa shape index (κ3) is 3.47. The molecule has 0 atom stereocenters. The van der Waals surface area contributed by atoms with E-state index in [2.05, 4.69) is 35.1 Å². The van der Waals surface area contributed by atoms with Crippen molar-refractivity contribution >= 4 is 0 Å². The SMILES string of the molecule is CC(C)n1cc(CN2CCC(c3cccc(O)c3)CC2)nn1. The first kappa shape index (κ1) is 15.0. The van der Waals surface area contributed by atoms with E-state index >= 15 is 0 Å². The normalized spacial score (nSPS) is 17.2. The molecule has 1 aliphatic rings. The zero-order valence-corrected chi connectivity index (χ0v) is 13.3. The molecule has 0 aliphatic carbocycles. The number of piperidine rings is 1. The molecule has 3 rings (SSSR count). The zero-order valence-electron chi connectivity index (χ0n) is 13.3. The lowest BCUT2D eigenvalue weighted by atomic mass is 9.89. The number of rotatable bonds is 4. The third-order valence-electron chi connectivity index (χ3n) is 4.40. The molecule has 1 aromatic heterocycles. The van der Waals surface area contributed by atoms with Crippen molar-refractivity contribution in [3.05, 3.63) is 41.7 Å². The highest BCUT2D eigenvalue weighted by Crippen LogP contribution is 2.30. The Hall–Kier alpha value is -1.88. The first-order chi connectivity index (χ1) is 10.6. The topological polar surface area (TPSA) is 54.2 Å². The van der Waals surface area contributed by atoms with Crippen LogP contribution in [-0.4, -0.2) is 38.1 Å². The minimum Gasteiger partial charge on any atom is -0.508 e. The van der Waals surface area contributed by atoms with Gasteiger partial charge in [0.05, 0.1) is 11.9 Å². The number of aromatic nitrogens is 3. The van der Waals surface area contributed by atoms with E-state index in [1.165, 1.54) is 5.56 Å². The average molecular weight is 300 g/mol. The quantitative estimate of drug-likeness (QED) is 0.943. The molecule has 2 aromatic rings. The molecule has 0 spiro atoms. The number of benzene rings is 1. The van der Waals surface area contributed by atoms with Gasteiger partial charge in [-0.15, -0.1) is 5.10 Å². The molecule has 1 N–H and O–H groups in total.